The van der Waals surface area contributed by atoms with Crippen LogP contribution in [0.15, 0.2) is 54.6 Å². The zero-order chi connectivity index (χ0) is 22.1. The van der Waals surface area contributed by atoms with E-state index in [4.69, 9.17) is 9.47 Å². The van der Waals surface area contributed by atoms with Crippen molar-refractivity contribution in [1.29, 1.82) is 0 Å². The number of hydrogen-bond acceptors (Lipinski definition) is 6. The number of piperidine rings is 1. The van der Waals surface area contributed by atoms with Crippen molar-refractivity contribution in [1.82, 2.24) is 10.2 Å². The van der Waals surface area contributed by atoms with Crippen LogP contribution in [0, 0.1) is 0 Å². The third-order valence-corrected chi connectivity index (χ3v) is 6.81. The topological polar surface area (TPSA) is 74.3 Å². The molecule has 3 saturated heterocycles. The van der Waals surface area contributed by atoms with Crippen LogP contribution in [0.2, 0.25) is 0 Å². The maximum absolute atomic E-state index is 12.8. The number of rotatable bonds is 5. The summed E-state index contributed by atoms with van der Waals surface area (Å²) < 4.78 is 10.8. The summed E-state index contributed by atoms with van der Waals surface area (Å²) in [5.74, 6) is 0.861. The molecule has 2 aromatic rings. The summed E-state index contributed by atoms with van der Waals surface area (Å²) in [6, 6.07) is 17.5. The van der Waals surface area contributed by atoms with Crippen molar-refractivity contribution >= 4 is 23.4 Å². The fourth-order valence-electron chi connectivity index (χ4n) is 5.02. The van der Waals surface area contributed by atoms with Crippen LogP contribution < -0.4 is 19.9 Å². The molecule has 1 N–H and O–H groups in total. The Morgan fingerprint density at radius 3 is 2.44 bits per heavy atom. The molecule has 5 rings (SSSR count). The Morgan fingerprint density at radius 1 is 1.03 bits per heavy atom. The largest absolute Gasteiger partial charge is 0.497 e. The lowest BCUT2D eigenvalue weighted by Gasteiger charge is -2.43. The fourth-order valence-corrected chi connectivity index (χ4v) is 5.02. The van der Waals surface area contributed by atoms with Crippen LogP contribution in [0.3, 0.4) is 0 Å². The Morgan fingerprint density at radius 2 is 1.75 bits per heavy atom. The van der Waals surface area contributed by atoms with Crippen LogP contribution in [0.1, 0.15) is 12.8 Å². The molecular weight excluding hydrogens is 408 g/mol. The van der Waals surface area contributed by atoms with Gasteiger partial charge in [0.2, 0.25) is 5.91 Å². The number of carbonyl (C=O) groups is 2. The van der Waals surface area contributed by atoms with E-state index in [9.17, 15) is 9.59 Å². The maximum atomic E-state index is 12.8. The minimum absolute atomic E-state index is 0.110. The minimum atomic E-state index is -0.501. The van der Waals surface area contributed by atoms with E-state index >= 15 is 0 Å². The third kappa shape index (κ3) is 3.64. The first-order chi connectivity index (χ1) is 15.6. The predicted molar refractivity (Wildman–Crippen MR) is 121 cm³/mol. The number of anilines is 2. The van der Waals surface area contributed by atoms with Gasteiger partial charge in [0, 0.05) is 31.0 Å². The number of nitrogens with one attached hydrogen (secondary N) is 1. The highest BCUT2D eigenvalue weighted by atomic mass is 16.6. The second kappa shape index (κ2) is 8.35. The molecule has 8 nitrogen and oxygen atoms in total. The molecule has 3 heterocycles. The van der Waals surface area contributed by atoms with Crippen LogP contribution in [-0.4, -0.2) is 68.5 Å². The number of hydrogen-bond donors (Lipinski definition) is 1. The molecule has 0 aromatic heterocycles. The average Bonchev–Trinajstić information content (AvgIpc) is 3.35. The van der Waals surface area contributed by atoms with Gasteiger partial charge >= 0.3 is 6.09 Å². The number of nitrogens with zero attached hydrogens (tertiary/aromatic N) is 3. The van der Waals surface area contributed by atoms with Crippen molar-refractivity contribution in [2.45, 2.75) is 24.5 Å². The van der Waals surface area contributed by atoms with Gasteiger partial charge in [0.1, 0.15) is 17.4 Å². The summed E-state index contributed by atoms with van der Waals surface area (Å²) in [7, 11) is 1.62. The second-order valence-electron chi connectivity index (χ2n) is 8.57. The van der Waals surface area contributed by atoms with E-state index in [2.05, 4.69) is 27.2 Å². The van der Waals surface area contributed by atoms with E-state index in [0.29, 0.717) is 19.8 Å². The van der Waals surface area contributed by atoms with Gasteiger partial charge in [0.25, 0.3) is 0 Å². The number of amides is 2. The number of ether oxygens (including phenoxy) is 2. The lowest BCUT2D eigenvalue weighted by Crippen LogP contribution is -2.57. The van der Waals surface area contributed by atoms with Crippen LogP contribution in [0.5, 0.6) is 5.75 Å². The Bertz CT molecular complexity index is 973. The number of carbonyl (C=O) groups excluding carboxylic acids is 2. The van der Waals surface area contributed by atoms with Crippen LogP contribution in [0.4, 0.5) is 16.2 Å². The van der Waals surface area contributed by atoms with Gasteiger partial charge in [-0.2, -0.15) is 0 Å². The Kier molecular flexibility index (Phi) is 5.38. The highest BCUT2D eigenvalue weighted by molar-refractivity contribution is 5.93. The molecule has 3 aliphatic rings. The highest BCUT2D eigenvalue weighted by Crippen LogP contribution is 2.36. The molecule has 0 saturated carbocycles. The van der Waals surface area contributed by atoms with Crippen LogP contribution in [-0.2, 0) is 9.53 Å². The van der Waals surface area contributed by atoms with Crippen molar-refractivity contribution in [3.8, 4) is 5.75 Å². The van der Waals surface area contributed by atoms with Crippen molar-refractivity contribution in [3.05, 3.63) is 54.6 Å². The first-order valence-electron chi connectivity index (χ1n) is 11.0. The van der Waals surface area contributed by atoms with Gasteiger partial charge < -0.3 is 19.7 Å². The number of likely N-dealkylation sites (tertiary alicyclic amines) is 1. The summed E-state index contributed by atoms with van der Waals surface area (Å²) >= 11 is 0. The van der Waals surface area contributed by atoms with Gasteiger partial charge in [-0.25, -0.2) is 4.79 Å². The number of para-hydroxylation sites is 1. The van der Waals surface area contributed by atoms with E-state index in [0.717, 1.165) is 43.1 Å². The predicted octanol–water partition coefficient (Wildman–Crippen LogP) is 2.45. The van der Waals surface area contributed by atoms with Gasteiger partial charge in [-0.1, -0.05) is 18.2 Å². The van der Waals surface area contributed by atoms with Gasteiger partial charge in [-0.3, -0.25) is 14.6 Å². The van der Waals surface area contributed by atoms with E-state index in [1.54, 1.807) is 12.0 Å². The van der Waals surface area contributed by atoms with Gasteiger partial charge in [0.15, 0.2) is 0 Å². The Hall–Kier alpha value is -3.26. The molecule has 2 aromatic carbocycles. The van der Waals surface area contributed by atoms with E-state index < -0.39 is 5.54 Å². The van der Waals surface area contributed by atoms with Crippen LogP contribution in [0.25, 0.3) is 0 Å². The van der Waals surface area contributed by atoms with Gasteiger partial charge in [-0.15, -0.1) is 0 Å². The summed E-state index contributed by atoms with van der Waals surface area (Å²) in [6.45, 7) is 3.30. The molecule has 1 unspecified atom stereocenters. The lowest BCUT2D eigenvalue weighted by atomic mass is 9.85. The molecule has 1 spiro atoms. The lowest BCUT2D eigenvalue weighted by molar-refractivity contribution is -0.125. The van der Waals surface area contributed by atoms with Crippen molar-refractivity contribution in [3.63, 3.8) is 0 Å². The maximum Gasteiger partial charge on any atom is 0.414 e. The Balaban J connectivity index is 1.21. The molecule has 3 fully saturated rings. The molecule has 2 amide bonds. The summed E-state index contributed by atoms with van der Waals surface area (Å²) in [5.41, 5.74) is 1.37. The summed E-state index contributed by atoms with van der Waals surface area (Å²) in [4.78, 5) is 31.4. The molecular formula is C24H28N4O4. The molecule has 0 aliphatic carbocycles. The summed E-state index contributed by atoms with van der Waals surface area (Å²) in [6.07, 6.45) is 0.980. The number of cyclic esters (lactones) is 1. The second-order valence-corrected chi connectivity index (χ2v) is 8.57. The third-order valence-electron chi connectivity index (χ3n) is 6.81. The van der Waals surface area contributed by atoms with Crippen LogP contribution >= 0.6 is 0 Å². The fraction of sp³-hybridized carbons (Fsp3) is 0.417. The Labute approximate surface area is 187 Å². The van der Waals surface area contributed by atoms with Crippen molar-refractivity contribution in [2.24, 2.45) is 0 Å². The molecule has 8 heteroatoms. The average molecular weight is 437 g/mol. The number of methoxy groups -OCH3 is 1. The van der Waals surface area contributed by atoms with E-state index in [-0.39, 0.29) is 18.1 Å². The normalized spacial score (nSPS) is 22.8. The molecule has 168 valence electrons. The summed E-state index contributed by atoms with van der Waals surface area (Å²) in [5, 5.41) is 3.04. The first kappa shape index (κ1) is 20.6. The van der Waals surface area contributed by atoms with Gasteiger partial charge in [-0.05, 0) is 49.2 Å². The van der Waals surface area contributed by atoms with E-state index in [1.807, 2.05) is 42.5 Å². The minimum Gasteiger partial charge on any atom is -0.497 e. The molecule has 32 heavy (non-hydrogen) atoms. The SMILES string of the molecule is COc1ccc(N2CC(CN3CCC4(CC3)C(=O)NCN4c3ccccc3)OC2=O)cc1. The quantitative estimate of drug-likeness (QED) is 0.776. The zero-order valence-electron chi connectivity index (χ0n) is 18.2. The molecule has 0 radical (unpaired) electrons. The zero-order valence-corrected chi connectivity index (χ0v) is 18.2. The monoisotopic (exact) mass is 436 g/mol. The smallest absolute Gasteiger partial charge is 0.414 e. The molecule has 1 atom stereocenters. The standard InChI is InChI=1S/C24H28N4O4/c1-31-20-9-7-18(8-10-20)27-16-21(32-23(27)30)15-26-13-11-24(12-14-26)22(29)25-17-28(24)19-5-3-2-4-6-19/h2-10,21H,11-17H2,1H3,(H,25,29). The molecule has 3 aliphatic heterocycles. The van der Waals surface area contributed by atoms with E-state index in [1.165, 1.54) is 0 Å². The number of benzene rings is 2. The van der Waals surface area contributed by atoms with Crippen molar-refractivity contribution < 1.29 is 19.1 Å². The first-order valence-corrected chi connectivity index (χ1v) is 11.0. The van der Waals surface area contributed by atoms with Gasteiger partial charge in [0.05, 0.1) is 20.3 Å². The van der Waals surface area contributed by atoms with Crippen molar-refractivity contribution in [2.75, 3.05) is 49.8 Å². The highest BCUT2D eigenvalue weighted by Gasteiger charge is 2.50. The molecule has 0 bridgehead atoms.